The van der Waals surface area contributed by atoms with Crippen LogP contribution in [-0.4, -0.2) is 55.1 Å². The minimum atomic E-state index is -0.594. The summed E-state index contributed by atoms with van der Waals surface area (Å²) in [7, 11) is 2.16. The van der Waals surface area contributed by atoms with E-state index in [1.54, 1.807) is 0 Å². The molecule has 2 N–H and O–H groups in total. The van der Waals surface area contributed by atoms with Crippen LogP contribution in [0.3, 0.4) is 0 Å². The Kier molecular flexibility index (Phi) is 3.48. The van der Waals surface area contributed by atoms with E-state index in [0.717, 1.165) is 45.6 Å². The van der Waals surface area contributed by atoms with Gasteiger partial charge in [0, 0.05) is 19.6 Å². The van der Waals surface area contributed by atoms with Crippen molar-refractivity contribution < 1.29 is 0 Å². The van der Waals surface area contributed by atoms with Gasteiger partial charge in [-0.05, 0) is 45.3 Å². The van der Waals surface area contributed by atoms with Crippen molar-refractivity contribution in [3.63, 3.8) is 0 Å². The molecule has 0 amide bonds. The molecular formula is C12H22N4. The molecule has 0 aromatic rings. The zero-order chi connectivity index (χ0) is 11.6. The smallest absolute Gasteiger partial charge is 0.119 e. The largest absolute Gasteiger partial charge is 0.312 e. The van der Waals surface area contributed by atoms with Crippen LogP contribution in [0.25, 0.3) is 0 Å². The topological polar surface area (TPSA) is 56.3 Å². The summed E-state index contributed by atoms with van der Waals surface area (Å²) < 4.78 is 0. The lowest BCUT2D eigenvalue weighted by Gasteiger charge is -2.29. The van der Waals surface area contributed by atoms with Gasteiger partial charge in [-0.15, -0.1) is 0 Å². The van der Waals surface area contributed by atoms with E-state index in [4.69, 9.17) is 5.73 Å². The monoisotopic (exact) mass is 222 g/mol. The van der Waals surface area contributed by atoms with Crippen molar-refractivity contribution in [1.82, 2.24) is 9.80 Å². The predicted molar refractivity (Wildman–Crippen MR) is 63.8 cm³/mol. The minimum Gasteiger partial charge on any atom is -0.312 e. The summed E-state index contributed by atoms with van der Waals surface area (Å²) in [5.41, 5.74) is 5.61. The van der Waals surface area contributed by atoms with E-state index in [2.05, 4.69) is 22.9 Å². The molecule has 1 aliphatic heterocycles. The van der Waals surface area contributed by atoms with Crippen molar-refractivity contribution >= 4 is 0 Å². The SMILES string of the molecule is CN1CCCN(CC(N)(C#N)C2CC2)CC1. The van der Waals surface area contributed by atoms with Crippen LogP contribution in [0, 0.1) is 17.2 Å². The van der Waals surface area contributed by atoms with Crippen molar-refractivity contribution in [2.75, 3.05) is 39.8 Å². The number of likely N-dealkylation sites (N-methyl/N-ethyl adjacent to an activating group) is 1. The number of rotatable bonds is 3. The Balaban J connectivity index is 1.90. The molecule has 0 spiro atoms. The molecule has 4 nitrogen and oxygen atoms in total. The number of nitrogens with zero attached hydrogens (tertiary/aromatic N) is 3. The van der Waals surface area contributed by atoms with Crippen molar-refractivity contribution in [3.8, 4) is 6.07 Å². The maximum atomic E-state index is 9.24. The molecule has 90 valence electrons. The average molecular weight is 222 g/mol. The molecule has 1 unspecified atom stereocenters. The highest BCUT2D eigenvalue weighted by Gasteiger charge is 2.43. The first-order chi connectivity index (χ1) is 7.64. The molecule has 2 aliphatic rings. The number of nitrogens with two attached hydrogens (primary N) is 1. The Morgan fingerprint density at radius 2 is 2.06 bits per heavy atom. The van der Waals surface area contributed by atoms with Gasteiger partial charge in [0.05, 0.1) is 6.07 Å². The second-order valence-corrected chi connectivity index (χ2v) is 5.36. The normalized spacial score (nSPS) is 28.1. The average Bonchev–Trinajstić information content (AvgIpc) is 3.07. The third kappa shape index (κ3) is 2.73. The Morgan fingerprint density at radius 1 is 1.31 bits per heavy atom. The van der Waals surface area contributed by atoms with Gasteiger partial charge in [0.2, 0.25) is 0 Å². The van der Waals surface area contributed by atoms with E-state index in [1.165, 1.54) is 6.42 Å². The van der Waals surface area contributed by atoms with Crippen LogP contribution >= 0.6 is 0 Å². The lowest BCUT2D eigenvalue weighted by Crippen LogP contribution is -2.51. The van der Waals surface area contributed by atoms with Gasteiger partial charge in [-0.1, -0.05) is 0 Å². The summed E-state index contributed by atoms with van der Waals surface area (Å²) in [6.07, 6.45) is 3.46. The van der Waals surface area contributed by atoms with E-state index in [9.17, 15) is 5.26 Å². The van der Waals surface area contributed by atoms with Crippen LogP contribution in [0.1, 0.15) is 19.3 Å². The van der Waals surface area contributed by atoms with E-state index in [1.807, 2.05) is 0 Å². The van der Waals surface area contributed by atoms with Gasteiger partial charge in [0.25, 0.3) is 0 Å². The summed E-state index contributed by atoms with van der Waals surface area (Å²) in [6, 6.07) is 2.34. The minimum absolute atomic E-state index is 0.443. The molecular weight excluding hydrogens is 200 g/mol. The van der Waals surface area contributed by atoms with Gasteiger partial charge >= 0.3 is 0 Å². The fraction of sp³-hybridized carbons (Fsp3) is 0.917. The maximum absolute atomic E-state index is 9.24. The standard InChI is InChI=1S/C12H22N4/c1-15-5-2-6-16(8-7-15)10-12(14,9-13)11-3-4-11/h11H,2-8,10,14H2,1H3. The fourth-order valence-electron chi connectivity index (χ4n) is 2.48. The molecule has 0 bridgehead atoms. The summed E-state index contributed by atoms with van der Waals surface area (Å²) in [5.74, 6) is 0.443. The van der Waals surface area contributed by atoms with Crippen LogP contribution in [0.5, 0.6) is 0 Å². The Morgan fingerprint density at radius 3 is 2.69 bits per heavy atom. The molecule has 16 heavy (non-hydrogen) atoms. The fourth-order valence-corrected chi connectivity index (χ4v) is 2.48. The number of nitriles is 1. The van der Waals surface area contributed by atoms with E-state index in [0.29, 0.717) is 5.92 Å². The second kappa shape index (κ2) is 4.70. The Hall–Kier alpha value is -0.630. The highest BCUT2D eigenvalue weighted by atomic mass is 15.2. The lowest BCUT2D eigenvalue weighted by atomic mass is 9.95. The van der Waals surface area contributed by atoms with Gasteiger partial charge < -0.3 is 10.6 Å². The quantitative estimate of drug-likeness (QED) is 0.744. The molecule has 1 heterocycles. The first-order valence-electron chi connectivity index (χ1n) is 6.25. The van der Waals surface area contributed by atoms with E-state index in [-0.39, 0.29) is 0 Å². The summed E-state index contributed by atoms with van der Waals surface area (Å²) in [6.45, 7) is 5.12. The van der Waals surface area contributed by atoms with E-state index < -0.39 is 5.54 Å². The van der Waals surface area contributed by atoms with Crippen molar-refractivity contribution in [2.24, 2.45) is 11.7 Å². The molecule has 2 rings (SSSR count). The van der Waals surface area contributed by atoms with Crippen LogP contribution in [0.4, 0.5) is 0 Å². The van der Waals surface area contributed by atoms with Gasteiger partial charge in [-0.3, -0.25) is 4.90 Å². The summed E-state index contributed by atoms with van der Waals surface area (Å²) >= 11 is 0. The van der Waals surface area contributed by atoms with E-state index >= 15 is 0 Å². The van der Waals surface area contributed by atoms with Crippen LogP contribution < -0.4 is 5.73 Å². The molecule has 4 heteroatoms. The van der Waals surface area contributed by atoms with Gasteiger partial charge in [-0.2, -0.15) is 5.26 Å². The highest BCUT2D eigenvalue weighted by Crippen LogP contribution is 2.38. The molecule has 2 fully saturated rings. The van der Waals surface area contributed by atoms with Crippen LogP contribution in [-0.2, 0) is 0 Å². The van der Waals surface area contributed by atoms with Gasteiger partial charge in [0.1, 0.15) is 5.54 Å². The Labute approximate surface area is 98.0 Å². The summed E-state index contributed by atoms with van der Waals surface area (Å²) in [4.78, 5) is 4.72. The van der Waals surface area contributed by atoms with Crippen molar-refractivity contribution in [1.29, 1.82) is 5.26 Å². The van der Waals surface area contributed by atoms with Crippen LogP contribution in [0.15, 0.2) is 0 Å². The van der Waals surface area contributed by atoms with Gasteiger partial charge in [0.15, 0.2) is 0 Å². The molecule has 0 aromatic heterocycles. The first-order valence-corrected chi connectivity index (χ1v) is 6.25. The third-order valence-electron chi connectivity index (χ3n) is 3.81. The Bertz CT molecular complexity index is 281. The molecule has 1 aliphatic carbocycles. The number of hydrogen-bond acceptors (Lipinski definition) is 4. The molecule has 1 saturated heterocycles. The van der Waals surface area contributed by atoms with Crippen LogP contribution in [0.2, 0.25) is 0 Å². The summed E-state index contributed by atoms with van der Waals surface area (Å²) in [5, 5.41) is 9.24. The predicted octanol–water partition coefficient (Wildman–Crippen LogP) is 0.255. The lowest BCUT2D eigenvalue weighted by molar-refractivity contribution is 0.226. The van der Waals surface area contributed by atoms with Crippen molar-refractivity contribution in [2.45, 2.75) is 24.8 Å². The zero-order valence-electron chi connectivity index (χ0n) is 10.2. The number of hydrogen-bond donors (Lipinski definition) is 1. The highest BCUT2D eigenvalue weighted by molar-refractivity contribution is 5.14. The molecule has 1 atom stereocenters. The van der Waals surface area contributed by atoms with Gasteiger partial charge in [-0.25, -0.2) is 0 Å². The zero-order valence-corrected chi connectivity index (χ0v) is 10.2. The molecule has 0 radical (unpaired) electrons. The van der Waals surface area contributed by atoms with Crippen molar-refractivity contribution in [3.05, 3.63) is 0 Å². The third-order valence-corrected chi connectivity index (χ3v) is 3.81. The maximum Gasteiger partial charge on any atom is 0.119 e. The second-order valence-electron chi connectivity index (χ2n) is 5.36. The molecule has 1 saturated carbocycles. The molecule has 0 aromatic carbocycles. The first kappa shape index (κ1) is 11.8.